The third kappa shape index (κ3) is 3.26. The molecule has 2 unspecified atom stereocenters. The van der Waals surface area contributed by atoms with Crippen molar-refractivity contribution in [3.05, 3.63) is 30.6 Å². The highest BCUT2D eigenvalue weighted by Crippen LogP contribution is 2.30. The van der Waals surface area contributed by atoms with Crippen LogP contribution < -0.4 is 5.32 Å². The molecular weight excluding hydrogens is 260 g/mol. The van der Waals surface area contributed by atoms with Crippen LogP contribution in [0.5, 0.6) is 0 Å². The van der Waals surface area contributed by atoms with Crippen LogP contribution in [0.15, 0.2) is 30.6 Å². The second-order valence-corrected chi connectivity index (χ2v) is 6.33. The van der Waals surface area contributed by atoms with Crippen LogP contribution in [0, 0.1) is 11.8 Å². The fraction of sp³-hybridized carbons (Fsp3) is 0.529. The van der Waals surface area contributed by atoms with Crippen molar-refractivity contribution in [1.82, 2.24) is 14.8 Å². The summed E-state index contributed by atoms with van der Waals surface area (Å²) in [6.45, 7) is 3.43. The molecule has 0 spiro atoms. The van der Waals surface area contributed by atoms with E-state index >= 15 is 0 Å². The number of aromatic nitrogens is 3. The summed E-state index contributed by atoms with van der Waals surface area (Å²) in [5, 5.41) is 11.8. The number of hydrogen-bond acceptors (Lipinski definition) is 3. The van der Waals surface area contributed by atoms with Crippen LogP contribution in [0.25, 0.3) is 11.4 Å². The minimum atomic E-state index is 0.793. The van der Waals surface area contributed by atoms with Gasteiger partial charge in [-0.25, -0.2) is 0 Å². The Kier molecular flexibility index (Phi) is 4.23. The highest BCUT2D eigenvalue weighted by Gasteiger charge is 2.19. The van der Waals surface area contributed by atoms with Crippen molar-refractivity contribution in [2.45, 2.75) is 32.6 Å². The molecule has 0 saturated heterocycles. The van der Waals surface area contributed by atoms with Crippen LogP contribution in [0.3, 0.4) is 0 Å². The van der Waals surface area contributed by atoms with E-state index in [1.165, 1.54) is 25.7 Å². The molecule has 2 atom stereocenters. The molecule has 0 bridgehead atoms. The van der Waals surface area contributed by atoms with E-state index in [1.54, 1.807) is 6.33 Å². The Hall–Kier alpha value is -1.84. The van der Waals surface area contributed by atoms with Crippen molar-refractivity contribution < 1.29 is 0 Å². The van der Waals surface area contributed by atoms with Crippen LogP contribution in [0.2, 0.25) is 0 Å². The van der Waals surface area contributed by atoms with Crippen LogP contribution in [0.1, 0.15) is 32.6 Å². The Labute approximate surface area is 126 Å². The van der Waals surface area contributed by atoms with Gasteiger partial charge in [0.1, 0.15) is 6.33 Å². The average molecular weight is 284 g/mol. The third-order valence-corrected chi connectivity index (χ3v) is 4.51. The minimum Gasteiger partial charge on any atom is -0.384 e. The van der Waals surface area contributed by atoms with Gasteiger partial charge in [-0.2, -0.15) is 0 Å². The maximum Gasteiger partial charge on any atom is 0.165 e. The monoisotopic (exact) mass is 284 g/mol. The van der Waals surface area contributed by atoms with Gasteiger partial charge in [0.25, 0.3) is 0 Å². The zero-order valence-corrected chi connectivity index (χ0v) is 12.9. The van der Waals surface area contributed by atoms with Crippen molar-refractivity contribution in [2.75, 3.05) is 11.9 Å². The summed E-state index contributed by atoms with van der Waals surface area (Å²) < 4.78 is 1.96. The zero-order chi connectivity index (χ0) is 14.7. The quantitative estimate of drug-likeness (QED) is 0.930. The molecular formula is C17H24N4. The van der Waals surface area contributed by atoms with Gasteiger partial charge in [0.2, 0.25) is 0 Å². The lowest BCUT2D eigenvalue weighted by molar-refractivity contribution is 0.293. The van der Waals surface area contributed by atoms with Gasteiger partial charge in [0.05, 0.1) is 0 Å². The zero-order valence-electron chi connectivity index (χ0n) is 12.9. The number of hydrogen-bond donors (Lipinski definition) is 1. The lowest BCUT2D eigenvalue weighted by Crippen LogP contribution is -2.21. The SMILES string of the molecule is CC1CCCC(CNc2ccccc2-c2nncn2C)C1. The van der Waals surface area contributed by atoms with Gasteiger partial charge in [-0.1, -0.05) is 31.9 Å². The summed E-state index contributed by atoms with van der Waals surface area (Å²) in [6, 6.07) is 8.37. The first-order chi connectivity index (χ1) is 10.2. The number of anilines is 1. The molecule has 4 nitrogen and oxygen atoms in total. The number of nitrogens with zero attached hydrogens (tertiary/aromatic N) is 3. The first-order valence-electron chi connectivity index (χ1n) is 7.91. The Morgan fingerprint density at radius 1 is 1.29 bits per heavy atom. The summed E-state index contributed by atoms with van der Waals surface area (Å²) >= 11 is 0. The normalized spacial score (nSPS) is 22.2. The first-order valence-corrected chi connectivity index (χ1v) is 7.91. The molecule has 1 heterocycles. The van der Waals surface area contributed by atoms with Crippen molar-refractivity contribution >= 4 is 5.69 Å². The lowest BCUT2D eigenvalue weighted by Gasteiger charge is -2.27. The van der Waals surface area contributed by atoms with E-state index in [1.807, 2.05) is 11.6 Å². The lowest BCUT2D eigenvalue weighted by atomic mass is 9.82. The number of para-hydroxylation sites is 1. The number of aryl methyl sites for hydroxylation is 1. The van der Waals surface area contributed by atoms with Gasteiger partial charge in [0, 0.05) is 24.8 Å². The highest BCUT2D eigenvalue weighted by molar-refractivity contribution is 5.73. The smallest absolute Gasteiger partial charge is 0.165 e. The van der Waals surface area contributed by atoms with Gasteiger partial charge in [-0.05, 0) is 36.8 Å². The van der Waals surface area contributed by atoms with Gasteiger partial charge in [-0.3, -0.25) is 0 Å². The second-order valence-electron chi connectivity index (χ2n) is 6.33. The summed E-state index contributed by atoms with van der Waals surface area (Å²) in [6.07, 6.45) is 7.21. The molecule has 112 valence electrons. The molecule has 1 aliphatic carbocycles. The van der Waals surface area contributed by atoms with Crippen molar-refractivity contribution in [1.29, 1.82) is 0 Å². The fourth-order valence-electron chi connectivity index (χ4n) is 3.36. The van der Waals surface area contributed by atoms with Crippen LogP contribution >= 0.6 is 0 Å². The third-order valence-electron chi connectivity index (χ3n) is 4.51. The van der Waals surface area contributed by atoms with E-state index in [0.29, 0.717) is 0 Å². The van der Waals surface area contributed by atoms with E-state index in [4.69, 9.17) is 0 Å². The molecule has 1 aliphatic rings. The average Bonchev–Trinajstić information content (AvgIpc) is 2.91. The van der Waals surface area contributed by atoms with E-state index in [9.17, 15) is 0 Å². The van der Waals surface area contributed by atoms with E-state index in [0.717, 1.165) is 35.5 Å². The first kappa shape index (κ1) is 14.1. The predicted octanol–water partition coefficient (Wildman–Crippen LogP) is 3.72. The fourth-order valence-corrected chi connectivity index (χ4v) is 3.36. The Morgan fingerprint density at radius 2 is 2.14 bits per heavy atom. The number of nitrogens with one attached hydrogen (secondary N) is 1. The van der Waals surface area contributed by atoms with Gasteiger partial charge >= 0.3 is 0 Å². The Morgan fingerprint density at radius 3 is 2.90 bits per heavy atom. The number of rotatable bonds is 4. The molecule has 0 amide bonds. The predicted molar refractivity (Wildman–Crippen MR) is 86.1 cm³/mol. The number of benzene rings is 1. The molecule has 1 N–H and O–H groups in total. The standard InChI is InChI=1S/C17H24N4/c1-13-6-5-7-14(10-13)11-18-16-9-4-3-8-15(16)17-20-19-12-21(17)2/h3-4,8-9,12-14,18H,5-7,10-11H2,1-2H3. The maximum atomic E-state index is 4.23. The van der Waals surface area contributed by atoms with E-state index in [2.05, 4.69) is 46.7 Å². The van der Waals surface area contributed by atoms with Crippen molar-refractivity contribution in [3.8, 4) is 11.4 Å². The summed E-state index contributed by atoms with van der Waals surface area (Å²) in [4.78, 5) is 0. The summed E-state index contributed by atoms with van der Waals surface area (Å²) in [5.41, 5.74) is 2.29. The molecule has 2 aromatic rings. The largest absolute Gasteiger partial charge is 0.384 e. The molecule has 1 saturated carbocycles. The van der Waals surface area contributed by atoms with Crippen molar-refractivity contribution in [3.63, 3.8) is 0 Å². The van der Waals surface area contributed by atoms with Crippen molar-refractivity contribution in [2.24, 2.45) is 18.9 Å². The van der Waals surface area contributed by atoms with E-state index in [-0.39, 0.29) is 0 Å². The molecule has 1 fully saturated rings. The topological polar surface area (TPSA) is 42.7 Å². The van der Waals surface area contributed by atoms with Gasteiger partial charge in [-0.15, -0.1) is 10.2 Å². The van der Waals surface area contributed by atoms with Crippen LogP contribution in [0.4, 0.5) is 5.69 Å². The Balaban J connectivity index is 1.72. The molecule has 4 heteroatoms. The van der Waals surface area contributed by atoms with Crippen LogP contribution in [-0.4, -0.2) is 21.3 Å². The molecule has 0 radical (unpaired) electrons. The molecule has 0 aliphatic heterocycles. The highest BCUT2D eigenvalue weighted by atomic mass is 15.2. The second kappa shape index (κ2) is 6.29. The Bertz CT molecular complexity index is 590. The van der Waals surface area contributed by atoms with Gasteiger partial charge < -0.3 is 9.88 Å². The summed E-state index contributed by atoms with van der Waals surface area (Å²) in [7, 11) is 1.98. The molecule has 3 rings (SSSR count). The molecule has 1 aromatic heterocycles. The summed E-state index contributed by atoms with van der Waals surface area (Å²) in [5.74, 6) is 2.58. The minimum absolute atomic E-state index is 0.793. The van der Waals surface area contributed by atoms with Gasteiger partial charge in [0.15, 0.2) is 5.82 Å². The molecule has 21 heavy (non-hydrogen) atoms. The van der Waals surface area contributed by atoms with Crippen LogP contribution in [-0.2, 0) is 7.05 Å². The molecule has 1 aromatic carbocycles. The van der Waals surface area contributed by atoms with E-state index < -0.39 is 0 Å². The maximum absolute atomic E-state index is 4.23.